The minimum Gasteiger partial charge on any atom is -0.330 e. The molecule has 0 aromatic carbocycles. The van der Waals surface area contributed by atoms with Crippen molar-refractivity contribution in [3.8, 4) is 0 Å². The molecule has 0 spiro atoms. The van der Waals surface area contributed by atoms with Crippen molar-refractivity contribution in [1.82, 2.24) is 0 Å². The Bertz CT molecular complexity index is 82.9. The van der Waals surface area contributed by atoms with Gasteiger partial charge in [0.1, 0.15) is 0 Å². The van der Waals surface area contributed by atoms with Gasteiger partial charge in [0.2, 0.25) is 0 Å². The van der Waals surface area contributed by atoms with Crippen LogP contribution in [0.25, 0.3) is 0 Å². The molecule has 62 valence electrons. The lowest BCUT2D eigenvalue weighted by atomic mass is 9.98. The minimum absolute atomic E-state index is 0.0778. The quantitative estimate of drug-likeness (QED) is 0.506. The SMILES string of the molecule is CC(CN)CC(N)C(C)N. The van der Waals surface area contributed by atoms with Crippen LogP contribution in [0.3, 0.4) is 0 Å². The molecule has 0 fully saturated rings. The first-order valence-corrected chi connectivity index (χ1v) is 3.79. The largest absolute Gasteiger partial charge is 0.330 e. The third kappa shape index (κ3) is 3.82. The van der Waals surface area contributed by atoms with E-state index in [1.54, 1.807) is 0 Å². The molecule has 3 unspecified atom stereocenters. The van der Waals surface area contributed by atoms with Gasteiger partial charge in [-0.2, -0.15) is 0 Å². The molecule has 0 aromatic heterocycles. The maximum absolute atomic E-state index is 5.71. The van der Waals surface area contributed by atoms with Gasteiger partial charge in [-0.15, -0.1) is 0 Å². The number of hydrogen-bond acceptors (Lipinski definition) is 3. The van der Waals surface area contributed by atoms with Gasteiger partial charge in [0, 0.05) is 12.1 Å². The van der Waals surface area contributed by atoms with Crippen LogP contribution in [-0.2, 0) is 0 Å². The van der Waals surface area contributed by atoms with Crippen molar-refractivity contribution in [3.05, 3.63) is 0 Å². The van der Waals surface area contributed by atoms with Crippen LogP contribution in [0.4, 0.5) is 0 Å². The molecule has 0 aliphatic carbocycles. The van der Waals surface area contributed by atoms with Crippen LogP contribution < -0.4 is 17.2 Å². The van der Waals surface area contributed by atoms with E-state index in [2.05, 4.69) is 6.92 Å². The highest BCUT2D eigenvalue weighted by molar-refractivity contribution is 4.73. The van der Waals surface area contributed by atoms with Crippen molar-refractivity contribution in [2.75, 3.05) is 6.54 Å². The molecule has 0 heterocycles. The summed E-state index contributed by atoms with van der Waals surface area (Å²) >= 11 is 0. The maximum atomic E-state index is 5.71. The fourth-order valence-corrected chi connectivity index (χ4v) is 0.775. The predicted molar refractivity (Wildman–Crippen MR) is 44.5 cm³/mol. The second kappa shape index (κ2) is 4.66. The fraction of sp³-hybridized carbons (Fsp3) is 1.00. The van der Waals surface area contributed by atoms with Gasteiger partial charge >= 0.3 is 0 Å². The Balaban J connectivity index is 3.46. The van der Waals surface area contributed by atoms with Crippen LogP contribution in [0.5, 0.6) is 0 Å². The third-order valence-corrected chi connectivity index (χ3v) is 1.75. The summed E-state index contributed by atoms with van der Waals surface area (Å²) in [5.41, 5.74) is 16.7. The van der Waals surface area contributed by atoms with E-state index in [0.29, 0.717) is 12.5 Å². The topological polar surface area (TPSA) is 78.1 Å². The van der Waals surface area contributed by atoms with Crippen LogP contribution in [0.2, 0.25) is 0 Å². The van der Waals surface area contributed by atoms with Crippen LogP contribution in [0, 0.1) is 5.92 Å². The second-order valence-corrected chi connectivity index (χ2v) is 3.10. The van der Waals surface area contributed by atoms with E-state index in [1.165, 1.54) is 0 Å². The summed E-state index contributed by atoms with van der Waals surface area (Å²) < 4.78 is 0. The molecule has 0 saturated heterocycles. The average Bonchev–Trinajstić information content (AvgIpc) is 1.87. The van der Waals surface area contributed by atoms with Crippen molar-refractivity contribution in [1.29, 1.82) is 0 Å². The van der Waals surface area contributed by atoms with E-state index in [0.717, 1.165) is 6.42 Å². The predicted octanol–water partition coefficient (Wildman–Crippen LogP) is -0.354. The Labute approximate surface area is 62.9 Å². The first-order chi connectivity index (χ1) is 4.57. The highest BCUT2D eigenvalue weighted by Crippen LogP contribution is 2.03. The molecule has 3 atom stereocenters. The number of hydrogen-bond donors (Lipinski definition) is 3. The Morgan fingerprint density at radius 1 is 1.20 bits per heavy atom. The summed E-state index contributed by atoms with van der Waals surface area (Å²) in [6.45, 7) is 4.70. The number of nitrogens with two attached hydrogens (primary N) is 3. The van der Waals surface area contributed by atoms with Crippen molar-refractivity contribution >= 4 is 0 Å². The zero-order chi connectivity index (χ0) is 8.15. The molecule has 0 saturated carbocycles. The maximum Gasteiger partial charge on any atom is 0.0192 e. The summed E-state index contributed by atoms with van der Waals surface area (Å²) in [6.07, 6.45) is 0.925. The normalized spacial score (nSPS) is 20.1. The molecule has 3 heteroatoms. The Kier molecular flexibility index (Phi) is 4.60. The second-order valence-electron chi connectivity index (χ2n) is 3.10. The average molecular weight is 145 g/mol. The standard InChI is InChI=1S/C7H19N3/c1-5(4-8)3-7(10)6(2)9/h5-7H,3-4,8-10H2,1-2H3. The summed E-state index contributed by atoms with van der Waals surface area (Å²) in [4.78, 5) is 0. The van der Waals surface area contributed by atoms with Crippen molar-refractivity contribution in [2.45, 2.75) is 32.4 Å². The monoisotopic (exact) mass is 145 g/mol. The van der Waals surface area contributed by atoms with Crippen LogP contribution >= 0.6 is 0 Å². The third-order valence-electron chi connectivity index (χ3n) is 1.75. The van der Waals surface area contributed by atoms with Gasteiger partial charge in [0.05, 0.1) is 0 Å². The molecular weight excluding hydrogens is 126 g/mol. The lowest BCUT2D eigenvalue weighted by molar-refractivity contribution is 0.431. The van der Waals surface area contributed by atoms with Gasteiger partial charge in [-0.3, -0.25) is 0 Å². The molecule has 0 rings (SSSR count). The van der Waals surface area contributed by atoms with E-state index in [-0.39, 0.29) is 12.1 Å². The number of rotatable bonds is 4. The van der Waals surface area contributed by atoms with E-state index >= 15 is 0 Å². The highest BCUT2D eigenvalue weighted by Gasteiger charge is 2.10. The van der Waals surface area contributed by atoms with E-state index in [1.807, 2.05) is 6.92 Å². The zero-order valence-electron chi connectivity index (χ0n) is 6.88. The smallest absolute Gasteiger partial charge is 0.0192 e. The van der Waals surface area contributed by atoms with Gasteiger partial charge in [-0.25, -0.2) is 0 Å². The Hall–Kier alpha value is -0.120. The van der Waals surface area contributed by atoms with E-state index < -0.39 is 0 Å². The molecule has 10 heavy (non-hydrogen) atoms. The van der Waals surface area contributed by atoms with Crippen LogP contribution in [-0.4, -0.2) is 18.6 Å². The molecule has 0 amide bonds. The lowest BCUT2D eigenvalue weighted by Gasteiger charge is -2.18. The molecule has 0 aliphatic heterocycles. The Morgan fingerprint density at radius 3 is 2.00 bits per heavy atom. The highest BCUT2D eigenvalue weighted by atomic mass is 14.8. The molecule has 0 radical (unpaired) electrons. The Morgan fingerprint density at radius 2 is 1.70 bits per heavy atom. The summed E-state index contributed by atoms with van der Waals surface area (Å²) in [5, 5.41) is 0. The van der Waals surface area contributed by atoms with Crippen LogP contribution in [0.15, 0.2) is 0 Å². The lowest BCUT2D eigenvalue weighted by Crippen LogP contribution is -2.40. The van der Waals surface area contributed by atoms with Gasteiger partial charge in [0.15, 0.2) is 0 Å². The first-order valence-electron chi connectivity index (χ1n) is 3.79. The summed E-state index contributed by atoms with van der Waals surface area (Å²) in [7, 11) is 0. The molecular formula is C7H19N3. The molecule has 6 N–H and O–H groups in total. The first kappa shape index (κ1) is 9.88. The molecule has 0 aromatic rings. The van der Waals surface area contributed by atoms with Gasteiger partial charge in [-0.05, 0) is 25.8 Å². The van der Waals surface area contributed by atoms with Crippen molar-refractivity contribution in [3.63, 3.8) is 0 Å². The van der Waals surface area contributed by atoms with Gasteiger partial charge in [-0.1, -0.05) is 6.92 Å². The van der Waals surface area contributed by atoms with Crippen molar-refractivity contribution < 1.29 is 0 Å². The fourth-order valence-electron chi connectivity index (χ4n) is 0.775. The minimum atomic E-state index is 0.0778. The molecule has 0 bridgehead atoms. The van der Waals surface area contributed by atoms with Crippen LogP contribution in [0.1, 0.15) is 20.3 Å². The zero-order valence-corrected chi connectivity index (χ0v) is 6.88. The van der Waals surface area contributed by atoms with Crippen molar-refractivity contribution in [2.24, 2.45) is 23.1 Å². The van der Waals surface area contributed by atoms with E-state index in [4.69, 9.17) is 17.2 Å². The summed E-state index contributed by atoms with van der Waals surface area (Å²) in [6, 6.07) is 0.174. The summed E-state index contributed by atoms with van der Waals surface area (Å²) in [5.74, 6) is 0.487. The van der Waals surface area contributed by atoms with Gasteiger partial charge < -0.3 is 17.2 Å². The van der Waals surface area contributed by atoms with E-state index in [9.17, 15) is 0 Å². The van der Waals surface area contributed by atoms with Gasteiger partial charge in [0.25, 0.3) is 0 Å². The molecule has 0 aliphatic rings. The molecule has 3 nitrogen and oxygen atoms in total.